The maximum atomic E-state index is 6.63. The lowest BCUT2D eigenvalue weighted by Gasteiger charge is -2.33. The Kier molecular flexibility index (Phi) is 7.41. The third-order valence-corrected chi connectivity index (χ3v) is 11.4. The van der Waals surface area contributed by atoms with Crippen LogP contribution in [0, 0.1) is 5.92 Å². The molecule has 2 aromatic heterocycles. The molecule has 262 valence electrons. The van der Waals surface area contributed by atoms with E-state index in [1.54, 1.807) is 0 Å². The quantitative estimate of drug-likeness (QED) is 0.178. The molecule has 1 aliphatic heterocycles. The van der Waals surface area contributed by atoms with Gasteiger partial charge in [-0.25, -0.2) is 4.98 Å². The average molecular weight is 708 g/mol. The van der Waals surface area contributed by atoms with Crippen LogP contribution in [0.4, 0.5) is 17.1 Å². The fourth-order valence-corrected chi connectivity index (χ4v) is 8.76. The van der Waals surface area contributed by atoms with Gasteiger partial charge in [-0.2, -0.15) is 0 Å². The van der Waals surface area contributed by atoms with Crippen LogP contribution in [0.1, 0.15) is 24.5 Å². The Balaban J connectivity index is 1.12. The first kappa shape index (κ1) is 31.6. The van der Waals surface area contributed by atoms with Crippen molar-refractivity contribution in [2.45, 2.75) is 18.8 Å². The lowest BCUT2D eigenvalue weighted by atomic mass is 9.86. The maximum Gasteiger partial charge on any atom is 0.152 e. The highest BCUT2D eigenvalue weighted by atomic mass is 16.5. The predicted molar refractivity (Wildman–Crippen MR) is 226 cm³/mol. The van der Waals surface area contributed by atoms with Gasteiger partial charge in [0.2, 0.25) is 0 Å². The molecule has 11 rings (SSSR count). The summed E-state index contributed by atoms with van der Waals surface area (Å²) in [4.78, 5) is 7.78. The minimum Gasteiger partial charge on any atom is -0.453 e. The molecule has 4 aliphatic rings. The first-order valence-corrected chi connectivity index (χ1v) is 19.2. The molecule has 0 spiro atoms. The van der Waals surface area contributed by atoms with Crippen molar-refractivity contribution in [2.24, 2.45) is 5.92 Å². The zero-order valence-electron chi connectivity index (χ0n) is 30.2. The number of hydrogen-bond acceptors (Lipinski definition) is 3. The van der Waals surface area contributed by atoms with E-state index in [0.717, 1.165) is 69.6 Å². The summed E-state index contributed by atoms with van der Waals surface area (Å²) in [6.07, 6.45) is 22.1. The van der Waals surface area contributed by atoms with Gasteiger partial charge in [-0.3, -0.25) is 4.57 Å². The molecule has 0 radical (unpaired) electrons. The Morgan fingerprint density at radius 2 is 1.35 bits per heavy atom. The average Bonchev–Trinajstić information content (AvgIpc) is 3.60. The van der Waals surface area contributed by atoms with E-state index >= 15 is 0 Å². The smallest absolute Gasteiger partial charge is 0.152 e. The van der Waals surface area contributed by atoms with Crippen molar-refractivity contribution < 1.29 is 4.74 Å². The highest BCUT2D eigenvalue weighted by Gasteiger charge is 2.27. The molecular weight excluding hydrogens is 671 g/mol. The first-order valence-electron chi connectivity index (χ1n) is 19.2. The predicted octanol–water partition coefficient (Wildman–Crippen LogP) is 11.6. The second kappa shape index (κ2) is 12.9. The molecule has 5 aromatic carbocycles. The van der Waals surface area contributed by atoms with Gasteiger partial charge in [0.25, 0.3) is 0 Å². The van der Waals surface area contributed by atoms with Gasteiger partial charge in [0, 0.05) is 28.1 Å². The molecule has 4 nitrogen and oxygen atoms in total. The Bertz CT molecular complexity index is 2910. The van der Waals surface area contributed by atoms with E-state index in [2.05, 4.69) is 185 Å². The molecule has 2 unspecified atom stereocenters. The fourth-order valence-electron chi connectivity index (χ4n) is 8.76. The van der Waals surface area contributed by atoms with E-state index in [-0.39, 0.29) is 5.92 Å². The van der Waals surface area contributed by atoms with Gasteiger partial charge in [0.1, 0.15) is 5.82 Å². The van der Waals surface area contributed by atoms with Gasteiger partial charge < -0.3 is 9.64 Å². The van der Waals surface area contributed by atoms with Crippen LogP contribution in [0.3, 0.4) is 0 Å². The molecule has 0 saturated carbocycles. The molecular formula is C51H37N3O. The zero-order chi connectivity index (χ0) is 36.3. The number of ether oxygens (including phenoxy) is 1. The standard InChI is InChI=1S/C51H37N3O/c1-4-14-34(15-5-1)39-30-43(36-17-6-2-7-18-36)52-50(33-39)54-46-29-25-35-16-10-11-21-41(35)51(46)42-27-24-37(31-47(42)54)38-26-28-45-49(32-38)55-48-23-13-12-22-44(48)53(45)40-19-8-3-9-20-40/h1-17,19-24,26-33,35-36H,18,25H2. The lowest BCUT2D eigenvalue weighted by Crippen LogP contribution is -2.35. The van der Waals surface area contributed by atoms with Crippen molar-refractivity contribution in [1.29, 1.82) is 0 Å². The van der Waals surface area contributed by atoms with Gasteiger partial charge in [0.15, 0.2) is 11.5 Å². The number of anilines is 3. The van der Waals surface area contributed by atoms with E-state index in [4.69, 9.17) is 9.72 Å². The monoisotopic (exact) mass is 707 g/mol. The summed E-state index contributed by atoms with van der Waals surface area (Å²) in [5.74, 6) is 3.19. The van der Waals surface area contributed by atoms with Crippen LogP contribution < -0.4 is 20.2 Å². The van der Waals surface area contributed by atoms with E-state index in [0.29, 0.717) is 5.92 Å². The largest absolute Gasteiger partial charge is 0.453 e. The molecule has 4 heteroatoms. The Morgan fingerprint density at radius 1 is 0.582 bits per heavy atom. The van der Waals surface area contributed by atoms with Crippen molar-refractivity contribution >= 4 is 39.6 Å². The molecule has 0 saturated heterocycles. The summed E-state index contributed by atoms with van der Waals surface area (Å²) in [5, 5.41) is 3.75. The normalized spacial score (nSPS) is 17.6. The minimum atomic E-state index is 0.214. The first-order chi connectivity index (χ1) is 27.3. The van der Waals surface area contributed by atoms with E-state index in [1.165, 1.54) is 32.7 Å². The van der Waals surface area contributed by atoms with Gasteiger partial charge >= 0.3 is 0 Å². The zero-order valence-corrected chi connectivity index (χ0v) is 30.2. The van der Waals surface area contributed by atoms with Crippen LogP contribution in [0.5, 0.6) is 11.5 Å². The number of fused-ring (bicyclic) bond motifs is 6. The minimum absolute atomic E-state index is 0.214. The summed E-state index contributed by atoms with van der Waals surface area (Å²) in [6.45, 7) is 0. The molecule has 0 amide bonds. The van der Waals surface area contributed by atoms with Gasteiger partial charge in [0.05, 0.1) is 27.9 Å². The van der Waals surface area contributed by atoms with E-state index < -0.39 is 0 Å². The molecule has 0 bridgehead atoms. The van der Waals surface area contributed by atoms with Crippen LogP contribution in [0.25, 0.3) is 50.6 Å². The van der Waals surface area contributed by atoms with Crippen LogP contribution in [0.15, 0.2) is 182 Å². The molecule has 55 heavy (non-hydrogen) atoms. The number of hydrogen-bond donors (Lipinski definition) is 0. The molecule has 2 atom stereocenters. The second-order valence-electron chi connectivity index (χ2n) is 14.7. The maximum absolute atomic E-state index is 6.63. The highest BCUT2D eigenvalue weighted by Crippen LogP contribution is 2.51. The number of pyridine rings is 1. The van der Waals surface area contributed by atoms with E-state index in [9.17, 15) is 0 Å². The Morgan fingerprint density at radius 3 is 2.22 bits per heavy atom. The number of benzene rings is 5. The number of allylic oxidation sites excluding steroid dienone is 8. The number of rotatable bonds is 5. The summed E-state index contributed by atoms with van der Waals surface area (Å²) >= 11 is 0. The molecule has 0 N–H and O–H groups in total. The van der Waals surface area contributed by atoms with Gasteiger partial charge in [-0.15, -0.1) is 0 Å². The summed E-state index contributed by atoms with van der Waals surface area (Å²) < 4.78 is 9.05. The summed E-state index contributed by atoms with van der Waals surface area (Å²) in [6, 6.07) is 47.6. The van der Waals surface area contributed by atoms with Crippen LogP contribution in [-0.4, -0.2) is 9.55 Å². The number of para-hydroxylation sites is 3. The number of aromatic nitrogens is 2. The number of nitrogens with zero attached hydrogens (tertiary/aromatic N) is 3. The second-order valence-corrected chi connectivity index (χ2v) is 14.7. The van der Waals surface area contributed by atoms with E-state index in [1.807, 2.05) is 12.1 Å². The SMILES string of the molecule is C1=CCC(c2cc(-c3ccccc3)cc(-n3c4c(c5ccc(-c6ccc7c(c6)Oc6ccccc6N7c6ccccc6)cc53)=C3C=CC=CC3CC=4)n2)C=C1. The van der Waals surface area contributed by atoms with Crippen molar-refractivity contribution in [1.82, 2.24) is 9.55 Å². The Labute approximate surface area is 320 Å². The van der Waals surface area contributed by atoms with Gasteiger partial charge in [-0.1, -0.05) is 134 Å². The third kappa shape index (κ3) is 5.32. The molecule has 3 heterocycles. The van der Waals surface area contributed by atoms with Crippen molar-refractivity contribution in [3.63, 3.8) is 0 Å². The van der Waals surface area contributed by atoms with Crippen molar-refractivity contribution in [3.05, 3.63) is 198 Å². The van der Waals surface area contributed by atoms with Crippen molar-refractivity contribution in [2.75, 3.05) is 4.90 Å². The molecule has 3 aliphatic carbocycles. The van der Waals surface area contributed by atoms with Gasteiger partial charge in [-0.05, 0) is 95.3 Å². The van der Waals surface area contributed by atoms with Crippen molar-refractivity contribution in [3.8, 4) is 39.6 Å². The third-order valence-electron chi connectivity index (χ3n) is 11.4. The fraction of sp³-hybridized carbons (Fsp3) is 0.0784. The summed E-state index contributed by atoms with van der Waals surface area (Å²) in [5.41, 5.74) is 11.3. The highest BCUT2D eigenvalue weighted by molar-refractivity contribution is 5.93. The van der Waals surface area contributed by atoms with Crippen LogP contribution >= 0.6 is 0 Å². The van der Waals surface area contributed by atoms with Crippen LogP contribution in [0.2, 0.25) is 0 Å². The van der Waals surface area contributed by atoms with Crippen LogP contribution in [-0.2, 0) is 0 Å². The molecule has 0 fully saturated rings. The molecule has 7 aromatic rings. The topological polar surface area (TPSA) is 30.3 Å². The summed E-state index contributed by atoms with van der Waals surface area (Å²) in [7, 11) is 0. The Hall–Kier alpha value is -6.91. The lowest BCUT2D eigenvalue weighted by molar-refractivity contribution is 0.477.